The van der Waals surface area contributed by atoms with Gasteiger partial charge < -0.3 is 15.8 Å². The van der Waals surface area contributed by atoms with Gasteiger partial charge in [0, 0.05) is 18.7 Å². The van der Waals surface area contributed by atoms with Gasteiger partial charge in [0.05, 0.1) is 24.0 Å². The van der Waals surface area contributed by atoms with Crippen LogP contribution in [0.1, 0.15) is 13.3 Å². The highest BCUT2D eigenvalue weighted by Crippen LogP contribution is 2.23. The Morgan fingerprint density at radius 1 is 1.57 bits per heavy atom. The molecule has 0 saturated carbocycles. The summed E-state index contributed by atoms with van der Waals surface area (Å²) in [5, 5.41) is 3.36. The van der Waals surface area contributed by atoms with Crippen molar-refractivity contribution in [1.82, 2.24) is 4.90 Å². The Morgan fingerprint density at radius 2 is 2.33 bits per heavy atom. The Bertz CT molecular complexity index is 510. The molecule has 0 aromatic heterocycles. The lowest BCUT2D eigenvalue weighted by Crippen LogP contribution is -2.46. The number of likely N-dealkylation sites (tertiary alicyclic amines) is 1. The zero-order valence-electron chi connectivity index (χ0n) is 12.4. The van der Waals surface area contributed by atoms with Crippen molar-refractivity contribution < 1.29 is 9.53 Å². The van der Waals surface area contributed by atoms with E-state index in [2.05, 4.69) is 17.1 Å². The molecule has 1 aliphatic heterocycles. The normalized spacial score (nSPS) is 23.0. The van der Waals surface area contributed by atoms with Crippen LogP contribution in [0.5, 0.6) is 0 Å². The number of methoxy groups -OCH3 is 1. The Morgan fingerprint density at radius 3 is 3.05 bits per heavy atom. The third-order valence-corrected chi connectivity index (χ3v) is 4.17. The van der Waals surface area contributed by atoms with E-state index in [1.807, 2.05) is 0 Å². The fourth-order valence-corrected chi connectivity index (χ4v) is 2.75. The lowest BCUT2D eigenvalue weighted by atomic mass is 9.96. The van der Waals surface area contributed by atoms with Crippen molar-refractivity contribution in [3.05, 3.63) is 23.2 Å². The van der Waals surface area contributed by atoms with Gasteiger partial charge in [0.15, 0.2) is 0 Å². The Balaban J connectivity index is 1.91. The highest BCUT2D eigenvalue weighted by atomic mass is 35.5. The van der Waals surface area contributed by atoms with Crippen molar-refractivity contribution in [3.8, 4) is 0 Å². The van der Waals surface area contributed by atoms with E-state index >= 15 is 0 Å². The molecule has 0 spiro atoms. The molecule has 0 radical (unpaired) electrons. The second kappa shape index (κ2) is 7.11. The number of piperidine rings is 1. The SMILES string of the molecule is COC1CN(CC(=O)Nc2cc(Cl)ccc2N)CCC1C. The summed E-state index contributed by atoms with van der Waals surface area (Å²) in [7, 11) is 1.72. The van der Waals surface area contributed by atoms with Crippen LogP contribution in [-0.4, -0.2) is 43.7 Å². The number of hydrogen-bond donors (Lipinski definition) is 2. The fourth-order valence-electron chi connectivity index (χ4n) is 2.58. The van der Waals surface area contributed by atoms with E-state index in [0.717, 1.165) is 19.5 Å². The fraction of sp³-hybridized carbons (Fsp3) is 0.533. The van der Waals surface area contributed by atoms with Crippen LogP contribution in [0.3, 0.4) is 0 Å². The quantitative estimate of drug-likeness (QED) is 0.837. The maximum Gasteiger partial charge on any atom is 0.238 e. The summed E-state index contributed by atoms with van der Waals surface area (Å²) < 4.78 is 5.46. The molecule has 2 rings (SSSR count). The number of amides is 1. The molecular formula is C15H22ClN3O2. The molecule has 1 aromatic carbocycles. The molecule has 6 heteroatoms. The standard InChI is InChI=1S/C15H22ClN3O2/c1-10-5-6-19(8-14(10)21-2)9-15(20)18-13-7-11(16)3-4-12(13)17/h3-4,7,10,14H,5-6,8-9,17H2,1-2H3,(H,18,20). The van der Waals surface area contributed by atoms with E-state index in [1.54, 1.807) is 25.3 Å². The Labute approximate surface area is 130 Å². The summed E-state index contributed by atoms with van der Waals surface area (Å²) >= 11 is 5.91. The minimum absolute atomic E-state index is 0.0895. The molecule has 0 bridgehead atoms. The van der Waals surface area contributed by atoms with Crippen LogP contribution in [0.15, 0.2) is 18.2 Å². The number of anilines is 2. The molecule has 3 N–H and O–H groups in total. The number of carbonyl (C=O) groups is 1. The summed E-state index contributed by atoms with van der Waals surface area (Å²) in [5.74, 6) is 0.436. The van der Waals surface area contributed by atoms with Gasteiger partial charge in [-0.1, -0.05) is 18.5 Å². The molecule has 1 amide bonds. The summed E-state index contributed by atoms with van der Waals surface area (Å²) in [6.45, 7) is 4.19. The summed E-state index contributed by atoms with van der Waals surface area (Å²) in [6, 6.07) is 5.04. The zero-order valence-corrected chi connectivity index (χ0v) is 13.2. The monoisotopic (exact) mass is 311 g/mol. The first kappa shape index (κ1) is 16.1. The first-order valence-electron chi connectivity index (χ1n) is 7.09. The van der Waals surface area contributed by atoms with Crippen LogP contribution in [-0.2, 0) is 9.53 Å². The number of ether oxygens (including phenoxy) is 1. The van der Waals surface area contributed by atoms with E-state index < -0.39 is 0 Å². The number of carbonyl (C=O) groups excluding carboxylic acids is 1. The van der Waals surface area contributed by atoms with Crippen LogP contribution in [0.2, 0.25) is 5.02 Å². The number of nitrogens with one attached hydrogen (secondary N) is 1. The Kier molecular flexibility index (Phi) is 5.45. The van der Waals surface area contributed by atoms with Gasteiger partial charge in [0.1, 0.15) is 0 Å². The predicted molar refractivity (Wildman–Crippen MR) is 85.5 cm³/mol. The molecule has 21 heavy (non-hydrogen) atoms. The molecule has 2 unspecified atom stereocenters. The second-order valence-electron chi connectivity index (χ2n) is 5.55. The van der Waals surface area contributed by atoms with Gasteiger partial charge in [-0.15, -0.1) is 0 Å². The molecule has 0 aliphatic carbocycles. The van der Waals surface area contributed by atoms with E-state index in [-0.39, 0.29) is 12.0 Å². The van der Waals surface area contributed by atoms with E-state index in [0.29, 0.717) is 28.9 Å². The smallest absolute Gasteiger partial charge is 0.238 e. The highest BCUT2D eigenvalue weighted by molar-refractivity contribution is 6.31. The third-order valence-electron chi connectivity index (χ3n) is 3.93. The highest BCUT2D eigenvalue weighted by Gasteiger charge is 2.27. The molecule has 2 atom stereocenters. The summed E-state index contributed by atoms with van der Waals surface area (Å²) in [6.07, 6.45) is 1.22. The van der Waals surface area contributed by atoms with Gasteiger partial charge >= 0.3 is 0 Å². The predicted octanol–water partition coefficient (Wildman–Crippen LogP) is 2.22. The minimum atomic E-state index is -0.0895. The first-order valence-corrected chi connectivity index (χ1v) is 7.47. The largest absolute Gasteiger partial charge is 0.397 e. The molecule has 116 valence electrons. The first-order chi connectivity index (χ1) is 9.99. The number of rotatable bonds is 4. The maximum atomic E-state index is 12.1. The number of halogens is 1. The van der Waals surface area contributed by atoms with Gasteiger partial charge in [-0.05, 0) is 37.1 Å². The van der Waals surface area contributed by atoms with Crippen molar-refractivity contribution in [2.24, 2.45) is 5.92 Å². The molecule has 1 aliphatic rings. The summed E-state index contributed by atoms with van der Waals surface area (Å²) in [5.41, 5.74) is 6.89. The van der Waals surface area contributed by atoms with E-state index in [9.17, 15) is 4.79 Å². The lowest BCUT2D eigenvalue weighted by molar-refractivity contribution is -0.118. The maximum absolute atomic E-state index is 12.1. The van der Waals surface area contributed by atoms with Crippen molar-refractivity contribution in [3.63, 3.8) is 0 Å². The van der Waals surface area contributed by atoms with Gasteiger partial charge in [0.2, 0.25) is 5.91 Å². The molecule has 1 aromatic rings. The number of nitrogen functional groups attached to an aromatic ring is 1. The Hall–Kier alpha value is -1.30. The lowest BCUT2D eigenvalue weighted by Gasteiger charge is -2.35. The number of hydrogen-bond acceptors (Lipinski definition) is 4. The average molecular weight is 312 g/mol. The van der Waals surface area contributed by atoms with Gasteiger partial charge in [0.25, 0.3) is 0 Å². The minimum Gasteiger partial charge on any atom is -0.397 e. The average Bonchev–Trinajstić information content (AvgIpc) is 2.45. The van der Waals surface area contributed by atoms with Gasteiger partial charge in [-0.3, -0.25) is 9.69 Å². The van der Waals surface area contributed by atoms with Crippen molar-refractivity contribution in [2.75, 3.05) is 37.8 Å². The summed E-state index contributed by atoms with van der Waals surface area (Å²) in [4.78, 5) is 14.2. The molecule has 5 nitrogen and oxygen atoms in total. The van der Waals surface area contributed by atoms with Crippen LogP contribution >= 0.6 is 11.6 Å². The third kappa shape index (κ3) is 4.33. The van der Waals surface area contributed by atoms with E-state index in [1.165, 1.54) is 0 Å². The van der Waals surface area contributed by atoms with Gasteiger partial charge in [-0.25, -0.2) is 0 Å². The molecule has 1 fully saturated rings. The number of nitrogens with two attached hydrogens (primary N) is 1. The molecular weight excluding hydrogens is 290 g/mol. The van der Waals surface area contributed by atoms with Crippen LogP contribution in [0.25, 0.3) is 0 Å². The topological polar surface area (TPSA) is 67.6 Å². The van der Waals surface area contributed by atoms with E-state index in [4.69, 9.17) is 22.1 Å². The number of benzene rings is 1. The second-order valence-corrected chi connectivity index (χ2v) is 5.99. The van der Waals surface area contributed by atoms with Crippen LogP contribution < -0.4 is 11.1 Å². The van der Waals surface area contributed by atoms with Crippen LogP contribution in [0.4, 0.5) is 11.4 Å². The van der Waals surface area contributed by atoms with Gasteiger partial charge in [-0.2, -0.15) is 0 Å². The molecule has 1 heterocycles. The number of nitrogens with zero attached hydrogens (tertiary/aromatic N) is 1. The van der Waals surface area contributed by atoms with Crippen molar-refractivity contribution >= 4 is 28.9 Å². The van der Waals surface area contributed by atoms with Crippen molar-refractivity contribution in [1.29, 1.82) is 0 Å². The van der Waals surface area contributed by atoms with Crippen molar-refractivity contribution in [2.45, 2.75) is 19.4 Å². The van der Waals surface area contributed by atoms with Crippen LogP contribution in [0, 0.1) is 5.92 Å². The molecule has 1 saturated heterocycles. The zero-order chi connectivity index (χ0) is 15.4.